The zero-order chi connectivity index (χ0) is 14.3. The van der Waals surface area contributed by atoms with Crippen LogP contribution in [0.2, 0.25) is 5.15 Å². The molecule has 0 unspecified atom stereocenters. The smallest absolute Gasteiger partial charge is 0.329 e. The van der Waals surface area contributed by atoms with Gasteiger partial charge in [0.25, 0.3) is 5.56 Å². The van der Waals surface area contributed by atoms with E-state index in [0.29, 0.717) is 31.6 Å². The Morgan fingerprint density at radius 1 is 1.21 bits per heavy atom. The van der Waals surface area contributed by atoms with Crippen LogP contribution in [0.5, 0.6) is 0 Å². The molecule has 108 valence electrons. The first-order chi connectivity index (χ1) is 9.11. The van der Waals surface area contributed by atoms with E-state index in [1.54, 1.807) is 0 Å². The van der Waals surface area contributed by atoms with Crippen LogP contribution in [0.1, 0.15) is 38.7 Å². The third kappa shape index (κ3) is 4.51. The topological polar surface area (TPSA) is 64.1 Å². The van der Waals surface area contributed by atoms with Crippen molar-refractivity contribution in [3.05, 3.63) is 31.6 Å². The molecule has 19 heavy (non-hydrogen) atoms. The number of halogens is 1. The normalized spacial score (nSPS) is 10.9. The zero-order valence-electron chi connectivity index (χ0n) is 11.5. The molecule has 0 aliphatic rings. The maximum absolute atomic E-state index is 12.0. The monoisotopic (exact) mass is 288 g/mol. The molecule has 6 heteroatoms. The van der Waals surface area contributed by atoms with Crippen molar-refractivity contribution in [3.63, 3.8) is 0 Å². The molecule has 0 fully saturated rings. The minimum absolute atomic E-state index is 0.146. The summed E-state index contributed by atoms with van der Waals surface area (Å²) in [4.78, 5) is 26.2. The van der Waals surface area contributed by atoms with Crippen molar-refractivity contribution in [2.45, 2.75) is 46.1 Å². The van der Waals surface area contributed by atoms with Gasteiger partial charge in [-0.1, -0.05) is 31.9 Å². The number of nitrogens with one attached hydrogen (secondary N) is 1. The fourth-order valence-electron chi connectivity index (χ4n) is 1.77. The number of aromatic nitrogens is 2. The number of rotatable bonds is 8. The summed E-state index contributed by atoms with van der Waals surface area (Å²) in [5.41, 5.74) is -0.307. The highest BCUT2D eigenvalue weighted by molar-refractivity contribution is 6.30. The second-order valence-electron chi connectivity index (χ2n) is 4.35. The van der Waals surface area contributed by atoms with Gasteiger partial charge in [-0.3, -0.25) is 14.3 Å². The molecule has 0 amide bonds. The van der Waals surface area contributed by atoms with Crippen molar-refractivity contribution >= 4 is 11.6 Å². The highest BCUT2D eigenvalue weighted by atomic mass is 35.5. The lowest BCUT2D eigenvalue weighted by atomic mass is 10.2. The molecule has 0 saturated carbocycles. The molecule has 0 radical (unpaired) electrons. The number of unbranched alkanes of at least 4 members (excludes halogenated alkanes) is 1. The van der Waals surface area contributed by atoms with Gasteiger partial charge in [-0.15, -0.1) is 0 Å². The van der Waals surface area contributed by atoms with E-state index in [0.717, 1.165) is 19.4 Å². The first-order valence-corrected chi connectivity index (χ1v) is 7.08. The minimum Gasteiger partial charge on any atom is -0.381 e. The van der Waals surface area contributed by atoms with Gasteiger partial charge in [-0.25, -0.2) is 4.79 Å². The molecule has 0 aromatic carbocycles. The molecule has 1 rings (SSSR count). The van der Waals surface area contributed by atoms with Gasteiger partial charge in [-0.05, 0) is 19.3 Å². The Kier molecular flexibility index (Phi) is 6.87. The van der Waals surface area contributed by atoms with Crippen molar-refractivity contribution in [3.8, 4) is 0 Å². The molecule has 1 heterocycles. The fraction of sp³-hybridized carbons (Fsp3) is 0.692. The van der Waals surface area contributed by atoms with E-state index in [1.807, 2.05) is 6.92 Å². The molecule has 5 nitrogen and oxygen atoms in total. The summed E-state index contributed by atoms with van der Waals surface area (Å²) >= 11 is 5.83. The Hall–Kier alpha value is -1.07. The standard InChI is InChI=1S/C13H21ClN2O3/c1-3-5-8-19-9-6-7-16-12(17)10(4-2)11(14)15-13(16)18/h3-9H2,1-2H3,(H,15,18). The highest BCUT2D eigenvalue weighted by Gasteiger charge is 2.10. The molecule has 0 spiro atoms. The van der Waals surface area contributed by atoms with Crippen LogP contribution in [-0.2, 0) is 17.7 Å². The molecule has 1 aromatic rings. The summed E-state index contributed by atoms with van der Waals surface area (Å²) < 4.78 is 6.59. The molecule has 0 saturated heterocycles. The molecule has 0 aliphatic heterocycles. The third-order valence-electron chi connectivity index (χ3n) is 2.90. The van der Waals surface area contributed by atoms with Gasteiger partial charge in [0.2, 0.25) is 0 Å². The second-order valence-corrected chi connectivity index (χ2v) is 4.73. The average Bonchev–Trinajstić information content (AvgIpc) is 2.37. The van der Waals surface area contributed by atoms with E-state index in [1.165, 1.54) is 4.57 Å². The molecule has 0 aliphatic carbocycles. The van der Waals surface area contributed by atoms with E-state index < -0.39 is 5.69 Å². The van der Waals surface area contributed by atoms with Crippen molar-refractivity contribution in [2.24, 2.45) is 0 Å². The second kappa shape index (κ2) is 8.17. The van der Waals surface area contributed by atoms with E-state index in [-0.39, 0.29) is 10.7 Å². The number of ether oxygens (including phenoxy) is 1. The zero-order valence-corrected chi connectivity index (χ0v) is 12.3. The largest absolute Gasteiger partial charge is 0.381 e. The molecule has 1 N–H and O–H groups in total. The van der Waals surface area contributed by atoms with Crippen molar-refractivity contribution in [1.82, 2.24) is 9.55 Å². The van der Waals surface area contributed by atoms with Crippen LogP contribution in [0.3, 0.4) is 0 Å². The van der Waals surface area contributed by atoms with Gasteiger partial charge >= 0.3 is 5.69 Å². The third-order valence-corrected chi connectivity index (χ3v) is 3.22. The van der Waals surface area contributed by atoms with Crippen molar-refractivity contribution < 1.29 is 4.74 Å². The highest BCUT2D eigenvalue weighted by Crippen LogP contribution is 2.05. The van der Waals surface area contributed by atoms with Gasteiger partial charge < -0.3 is 4.74 Å². The number of nitrogens with zero attached hydrogens (tertiary/aromatic N) is 1. The summed E-state index contributed by atoms with van der Waals surface area (Å²) in [6, 6.07) is 0. The lowest BCUT2D eigenvalue weighted by molar-refractivity contribution is 0.125. The van der Waals surface area contributed by atoms with Crippen molar-refractivity contribution in [2.75, 3.05) is 13.2 Å². The Bertz CT molecular complexity index is 508. The van der Waals surface area contributed by atoms with Crippen molar-refractivity contribution in [1.29, 1.82) is 0 Å². The summed E-state index contributed by atoms with van der Waals surface area (Å²) in [6.07, 6.45) is 3.26. The van der Waals surface area contributed by atoms with E-state index in [9.17, 15) is 9.59 Å². The number of aromatic amines is 1. The van der Waals surface area contributed by atoms with Gasteiger partial charge in [0, 0.05) is 19.8 Å². The van der Waals surface area contributed by atoms with Gasteiger partial charge in [-0.2, -0.15) is 0 Å². The number of hydrogen-bond donors (Lipinski definition) is 1. The van der Waals surface area contributed by atoms with Crippen LogP contribution in [-0.4, -0.2) is 22.8 Å². The fourth-order valence-corrected chi connectivity index (χ4v) is 2.06. The maximum Gasteiger partial charge on any atom is 0.329 e. The minimum atomic E-state index is -0.458. The van der Waals surface area contributed by atoms with Gasteiger partial charge in [0.15, 0.2) is 0 Å². The molecular weight excluding hydrogens is 268 g/mol. The Balaban J connectivity index is 2.64. The van der Waals surface area contributed by atoms with Crippen LogP contribution < -0.4 is 11.2 Å². The van der Waals surface area contributed by atoms with E-state index >= 15 is 0 Å². The van der Waals surface area contributed by atoms with E-state index in [2.05, 4.69) is 11.9 Å². The molecule has 0 bridgehead atoms. The van der Waals surface area contributed by atoms with Crippen LogP contribution >= 0.6 is 11.6 Å². The van der Waals surface area contributed by atoms with Gasteiger partial charge in [0.05, 0.1) is 5.56 Å². The Labute approximate surface area is 117 Å². The lowest BCUT2D eigenvalue weighted by Gasteiger charge is -2.08. The summed E-state index contributed by atoms with van der Waals surface area (Å²) in [7, 11) is 0. The first kappa shape index (κ1) is 16.0. The summed E-state index contributed by atoms with van der Waals surface area (Å²) in [5.74, 6) is 0. The van der Waals surface area contributed by atoms with Crippen LogP contribution in [0.25, 0.3) is 0 Å². The number of H-pyrrole nitrogens is 1. The SMILES string of the molecule is CCCCOCCCn1c(=O)[nH]c(Cl)c(CC)c1=O. The van der Waals surface area contributed by atoms with Gasteiger partial charge in [0.1, 0.15) is 5.15 Å². The molecule has 1 aromatic heterocycles. The predicted octanol–water partition coefficient (Wildman–Crippen LogP) is 1.96. The lowest BCUT2D eigenvalue weighted by Crippen LogP contribution is -2.37. The average molecular weight is 289 g/mol. The summed E-state index contributed by atoms with van der Waals surface area (Å²) in [5, 5.41) is 0.146. The molecular formula is C13H21ClN2O3. The van der Waals surface area contributed by atoms with Crippen LogP contribution in [0, 0.1) is 0 Å². The molecule has 0 atom stereocenters. The maximum atomic E-state index is 12.0. The summed E-state index contributed by atoms with van der Waals surface area (Å²) in [6.45, 7) is 5.56. The Morgan fingerprint density at radius 2 is 1.89 bits per heavy atom. The van der Waals surface area contributed by atoms with E-state index in [4.69, 9.17) is 16.3 Å². The predicted molar refractivity (Wildman–Crippen MR) is 76.1 cm³/mol. The first-order valence-electron chi connectivity index (χ1n) is 6.71. The number of hydrogen-bond acceptors (Lipinski definition) is 3. The van der Waals surface area contributed by atoms with Crippen LogP contribution in [0.15, 0.2) is 9.59 Å². The quantitative estimate of drug-likeness (QED) is 0.587. The Morgan fingerprint density at radius 3 is 2.53 bits per heavy atom. The van der Waals surface area contributed by atoms with Crippen LogP contribution in [0.4, 0.5) is 0 Å².